The van der Waals surface area contributed by atoms with Crippen LogP contribution in [0.5, 0.6) is 0 Å². The highest BCUT2D eigenvalue weighted by Crippen LogP contribution is 2.11. The molecule has 3 heteroatoms. The van der Waals surface area contributed by atoms with Crippen molar-refractivity contribution in [3.8, 4) is 0 Å². The average molecular weight is 330 g/mol. The van der Waals surface area contributed by atoms with Gasteiger partial charge in [0.2, 0.25) is 0 Å². The monoisotopic (exact) mass is 330 g/mol. The highest BCUT2D eigenvalue weighted by Gasteiger charge is 2.14. The fraction of sp³-hybridized carbons (Fsp3) is 0.136. The lowest BCUT2D eigenvalue weighted by atomic mass is 9.99. The van der Waals surface area contributed by atoms with Crippen molar-refractivity contribution in [1.29, 1.82) is 0 Å². The van der Waals surface area contributed by atoms with Crippen LogP contribution in [0.4, 0.5) is 5.69 Å². The molecule has 0 saturated heterocycles. The molecule has 0 spiro atoms. The van der Waals surface area contributed by atoms with Crippen LogP contribution in [0.25, 0.3) is 0 Å². The van der Waals surface area contributed by atoms with E-state index in [1.165, 1.54) is 0 Å². The zero-order chi connectivity index (χ0) is 17.3. The van der Waals surface area contributed by atoms with E-state index in [-0.39, 0.29) is 0 Å². The van der Waals surface area contributed by atoms with Crippen LogP contribution in [0.3, 0.4) is 0 Å². The van der Waals surface area contributed by atoms with E-state index in [4.69, 9.17) is 0 Å². The molecule has 3 aromatic rings. The second kappa shape index (κ2) is 8.81. The van der Waals surface area contributed by atoms with Crippen molar-refractivity contribution in [1.82, 2.24) is 0 Å². The zero-order valence-electron chi connectivity index (χ0n) is 14.0. The second-order valence-electron chi connectivity index (χ2n) is 5.95. The van der Waals surface area contributed by atoms with Crippen molar-refractivity contribution < 1.29 is 5.11 Å². The Morgan fingerprint density at radius 2 is 1.28 bits per heavy atom. The Hall–Kier alpha value is -2.91. The summed E-state index contributed by atoms with van der Waals surface area (Å²) in [6.07, 6.45) is 0.510. The molecule has 0 radical (unpaired) electrons. The van der Waals surface area contributed by atoms with Crippen molar-refractivity contribution >= 4 is 11.4 Å². The van der Waals surface area contributed by atoms with Crippen LogP contribution < -0.4 is 5.43 Å². The summed E-state index contributed by atoms with van der Waals surface area (Å²) in [5.74, 6) is 0. The number of benzene rings is 3. The first kappa shape index (κ1) is 16.9. The maximum Gasteiger partial charge on any atom is 0.0982 e. The maximum atomic E-state index is 10.7. The van der Waals surface area contributed by atoms with E-state index in [1.807, 2.05) is 91.0 Å². The molecule has 3 rings (SSSR count). The number of hydrazone groups is 1. The molecular weight excluding hydrogens is 308 g/mol. The van der Waals surface area contributed by atoms with E-state index in [0.29, 0.717) is 12.8 Å². The molecule has 0 heterocycles. The highest BCUT2D eigenvalue weighted by molar-refractivity contribution is 5.91. The lowest BCUT2D eigenvalue weighted by Crippen LogP contribution is -2.26. The van der Waals surface area contributed by atoms with Gasteiger partial charge in [-0.15, -0.1) is 0 Å². The first-order valence-corrected chi connectivity index (χ1v) is 8.45. The number of nitrogens with zero attached hydrogens (tertiary/aromatic N) is 1. The van der Waals surface area contributed by atoms with E-state index in [1.54, 1.807) is 0 Å². The molecule has 25 heavy (non-hydrogen) atoms. The summed E-state index contributed by atoms with van der Waals surface area (Å²) in [4.78, 5) is 0. The van der Waals surface area contributed by atoms with Gasteiger partial charge in [0.15, 0.2) is 0 Å². The summed E-state index contributed by atoms with van der Waals surface area (Å²) in [6.45, 7) is 0. The summed E-state index contributed by atoms with van der Waals surface area (Å²) < 4.78 is 0. The molecule has 3 nitrogen and oxygen atoms in total. The van der Waals surface area contributed by atoms with Crippen LogP contribution >= 0.6 is 0 Å². The van der Waals surface area contributed by atoms with E-state index in [9.17, 15) is 5.11 Å². The van der Waals surface area contributed by atoms with Gasteiger partial charge in [-0.25, -0.2) is 0 Å². The first-order chi connectivity index (χ1) is 12.3. The molecule has 0 aromatic heterocycles. The third-order valence-corrected chi connectivity index (χ3v) is 3.99. The molecule has 0 aliphatic heterocycles. The topological polar surface area (TPSA) is 44.6 Å². The number of aliphatic hydroxyl groups excluding tert-OH is 1. The van der Waals surface area contributed by atoms with E-state index >= 15 is 0 Å². The Kier molecular flexibility index (Phi) is 5.96. The van der Waals surface area contributed by atoms with Gasteiger partial charge in [-0.05, 0) is 23.3 Å². The number of rotatable bonds is 7. The van der Waals surface area contributed by atoms with Crippen molar-refractivity contribution in [2.24, 2.45) is 5.10 Å². The predicted octanol–water partition coefficient (Wildman–Crippen LogP) is 4.30. The average Bonchev–Trinajstić information content (AvgIpc) is 2.67. The molecule has 0 fully saturated rings. The van der Waals surface area contributed by atoms with Gasteiger partial charge in [0.1, 0.15) is 0 Å². The van der Waals surface area contributed by atoms with Gasteiger partial charge >= 0.3 is 0 Å². The Morgan fingerprint density at radius 3 is 1.88 bits per heavy atom. The van der Waals surface area contributed by atoms with E-state index in [2.05, 4.69) is 10.5 Å². The van der Waals surface area contributed by atoms with Crippen LogP contribution in [0.1, 0.15) is 11.1 Å². The third-order valence-electron chi connectivity index (χ3n) is 3.99. The van der Waals surface area contributed by atoms with Gasteiger partial charge in [-0.3, -0.25) is 5.43 Å². The Labute approximate surface area is 148 Å². The number of hydrogen-bond donors (Lipinski definition) is 2. The lowest BCUT2D eigenvalue weighted by molar-refractivity contribution is 0.240. The van der Waals surface area contributed by atoms with Crippen molar-refractivity contribution in [3.63, 3.8) is 0 Å². The number of para-hydroxylation sites is 1. The van der Waals surface area contributed by atoms with Crippen LogP contribution in [0, 0.1) is 0 Å². The molecule has 0 bridgehead atoms. The van der Waals surface area contributed by atoms with Crippen molar-refractivity contribution in [3.05, 3.63) is 102 Å². The van der Waals surface area contributed by atoms with Gasteiger partial charge in [0.05, 0.1) is 17.5 Å². The third kappa shape index (κ3) is 5.30. The molecule has 0 aliphatic rings. The summed E-state index contributed by atoms with van der Waals surface area (Å²) in [5.41, 5.74) is 6.90. The Balaban J connectivity index is 1.77. The fourth-order valence-corrected chi connectivity index (χ4v) is 2.64. The van der Waals surface area contributed by atoms with Crippen LogP contribution in [-0.4, -0.2) is 16.9 Å². The highest BCUT2D eigenvalue weighted by atomic mass is 16.3. The minimum Gasteiger partial charge on any atom is -0.387 e. The Bertz CT molecular complexity index is 786. The minimum absolute atomic E-state index is 0.545. The Morgan fingerprint density at radius 1 is 0.760 bits per heavy atom. The van der Waals surface area contributed by atoms with Crippen LogP contribution in [0.15, 0.2) is 96.1 Å². The largest absolute Gasteiger partial charge is 0.387 e. The normalized spacial score (nSPS) is 12.6. The van der Waals surface area contributed by atoms with Crippen LogP contribution in [-0.2, 0) is 12.8 Å². The lowest BCUT2D eigenvalue weighted by Gasteiger charge is -2.15. The smallest absolute Gasteiger partial charge is 0.0982 e. The van der Waals surface area contributed by atoms with Gasteiger partial charge in [0.25, 0.3) is 0 Å². The van der Waals surface area contributed by atoms with E-state index < -0.39 is 6.10 Å². The van der Waals surface area contributed by atoms with Crippen LogP contribution in [0.2, 0.25) is 0 Å². The van der Waals surface area contributed by atoms with E-state index in [0.717, 1.165) is 22.5 Å². The second-order valence-corrected chi connectivity index (χ2v) is 5.95. The summed E-state index contributed by atoms with van der Waals surface area (Å²) in [5, 5.41) is 15.2. The van der Waals surface area contributed by atoms with Gasteiger partial charge in [0, 0.05) is 12.8 Å². The molecule has 0 unspecified atom stereocenters. The standard InChI is InChI=1S/C22H22N2O/c25-22(17-19-12-6-2-7-13-19)21(16-18-10-4-1-5-11-18)24-23-20-14-8-3-9-15-20/h1-15,22-23,25H,16-17H2/t22-/m1/s1. The molecule has 2 N–H and O–H groups in total. The molecule has 1 atom stereocenters. The van der Waals surface area contributed by atoms with Crippen molar-refractivity contribution in [2.75, 3.05) is 5.43 Å². The summed E-state index contributed by atoms with van der Waals surface area (Å²) in [6, 6.07) is 29.9. The molecule has 0 saturated carbocycles. The van der Waals surface area contributed by atoms with Crippen molar-refractivity contribution in [2.45, 2.75) is 18.9 Å². The molecule has 3 aromatic carbocycles. The zero-order valence-corrected chi connectivity index (χ0v) is 14.0. The number of hydrogen-bond acceptors (Lipinski definition) is 3. The predicted molar refractivity (Wildman–Crippen MR) is 104 cm³/mol. The minimum atomic E-state index is -0.640. The molecule has 0 amide bonds. The quantitative estimate of drug-likeness (QED) is 0.501. The fourth-order valence-electron chi connectivity index (χ4n) is 2.64. The molecule has 0 aliphatic carbocycles. The SMILES string of the molecule is O[C@H](Cc1ccccc1)C(Cc1ccccc1)=NNc1ccccc1. The number of anilines is 1. The van der Waals surface area contributed by atoms with Gasteiger partial charge in [-0.2, -0.15) is 5.10 Å². The summed E-state index contributed by atoms with van der Waals surface area (Å²) in [7, 11) is 0. The number of aliphatic hydroxyl groups is 1. The maximum absolute atomic E-state index is 10.7. The first-order valence-electron chi connectivity index (χ1n) is 8.45. The summed E-state index contributed by atoms with van der Waals surface area (Å²) >= 11 is 0. The number of nitrogens with one attached hydrogen (secondary N) is 1. The van der Waals surface area contributed by atoms with Gasteiger partial charge in [-0.1, -0.05) is 78.9 Å². The molecule has 126 valence electrons. The molecular formula is C22H22N2O. The van der Waals surface area contributed by atoms with Gasteiger partial charge < -0.3 is 5.11 Å².